The number of benzene rings is 1. The molecule has 298 valence electrons. The lowest BCUT2D eigenvalue weighted by atomic mass is 10.1. The second kappa shape index (κ2) is 28.5. The minimum atomic E-state index is -0.692. The van der Waals surface area contributed by atoms with Gasteiger partial charge in [0.15, 0.2) is 6.04 Å². The average molecular weight is 744 g/mol. The van der Waals surface area contributed by atoms with E-state index in [-0.39, 0.29) is 56.0 Å². The van der Waals surface area contributed by atoms with E-state index in [4.69, 9.17) is 4.74 Å². The molecule has 1 aliphatic rings. The zero-order valence-electron chi connectivity index (χ0n) is 31.9. The Balaban J connectivity index is 1.40. The SMILES string of the molecule is CCCCCCCCCCCCCC=CC(=O)N(O)CCCCCNC(=O)CCC(=O)N(O)CCCCCNC(=O)C1COC(c2ccccc2O)=N1. The molecule has 1 aliphatic heterocycles. The molecule has 0 bridgehead atoms. The standard InChI is InChI=1S/C40H65N5O8/c1-2-3-4-5-6-7-8-9-10-11-12-13-16-25-37(48)44(51)30-21-14-19-28-41-36(47)26-27-38(49)45(52)31-22-15-20-29-42-39(50)34-32-53-40(43-34)33-23-17-18-24-35(33)46/h16-18,23-25,34,46,51-52H,2-15,19-22,26-32H2,1H3,(H,41,47)(H,42,50). The molecule has 13 nitrogen and oxygen atoms in total. The van der Waals surface area contributed by atoms with E-state index >= 15 is 0 Å². The Kier molecular flexibility index (Phi) is 24.3. The summed E-state index contributed by atoms with van der Waals surface area (Å²) in [4.78, 5) is 53.1. The number of amides is 4. The molecule has 0 saturated carbocycles. The normalized spacial score (nSPS) is 13.8. The monoisotopic (exact) mass is 743 g/mol. The number of aliphatic imine (C=N–C) groups is 1. The summed E-state index contributed by atoms with van der Waals surface area (Å²) in [6.45, 7) is 3.51. The van der Waals surface area contributed by atoms with Crippen molar-refractivity contribution in [3.63, 3.8) is 0 Å². The summed E-state index contributed by atoms with van der Waals surface area (Å²) in [6.07, 6.45) is 21.9. The second-order valence-electron chi connectivity index (χ2n) is 13.7. The first-order chi connectivity index (χ1) is 25.7. The molecule has 1 aromatic carbocycles. The number of nitrogens with zero attached hydrogens (tertiary/aromatic N) is 3. The van der Waals surface area contributed by atoms with Crippen molar-refractivity contribution in [3.05, 3.63) is 42.0 Å². The Morgan fingerprint density at radius 1 is 0.774 bits per heavy atom. The van der Waals surface area contributed by atoms with Gasteiger partial charge in [-0.2, -0.15) is 0 Å². The number of ether oxygens (including phenoxy) is 1. The second-order valence-corrected chi connectivity index (χ2v) is 13.7. The van der Waals surface area contributed by atoms with Crippen LogP contribution in [0.1, 0.15) is 141 Å². The van der Waals surface area contributed by atoms with Gasteiger partial charge in [0, 0.05) is 45.1 Å². The lowest BCUT2D eigenvalue weighted by molar-refractivity contribution is -0.166. The van der Waals surface area contributed by atoms with Gasteiger partial charge in [0.25, 0.3) is 5.91 Å². The van der Waals surface area contributed by atoms with E-state index in [1.54, 1.807) is 18.2 Å². The van der Waals surface area contributed by atoms with E-state index in [0.717, 1.165) is 24.3 Å². The summed E-state index contributed by atoms with van der Waals surface area (Å²) < 4.78 is 5.48. The first kappa shape index (κ1) is 45.2. The van der Waals surface area contributed by atoms with Crippen LogP contribution >= 0.6 is 0 Å². The van der Waals surface area contributed by atoms with Crippen LogP contribution in [-0.2, 0) is 23.9 Å². The molecule has 1 unspecified atom stereocenters. The van der Waals surface area contributed by atoms with Crippen molar-refractivity contribution >= 4 is 29.5 Å². The number of carbonyl (C=O) groups excluding carboxylic acids is 4. The van der Waals surface area contributed by atoms with Gasteiger partial charge in [-0.05, 0) is 63.5 Å². The maximum Gasteiger partial charge on any atom is 0.269 e. The van der Waals surface area contributed by atoms with E-state index in [1.807, 2.05) is 6.08 Å². The summed E-state index contributed by atoms with van der Waals surface area (Å²) in [6, 6.07) is 5.93. The Hall–Kier alpha value is -3.97. The number of phenols is 1. The molecule has 2 rings (SSSR count). The lowest BCUT2D eigenvalue weighted by Gasteiger charge is -2.15. The molecule has 0 aromatic heterocycles. The minimum absolute atomic E-state index is 0.0320. The number of hydroxylamine groups is 4. The summed E-state index contributed by atoms with van der Waals surface area (Å²) in [5.41, 5.74) is 0.437. The molecular weight excluding hydrogens is 678 g/mol. The van der Waals surface area contributed by atoms with Gasteiger partial charge in [-0.15, -0.1) is 0 Å². The number of hydrogen-bond acceptors (Lipinski definition) is 9. The third-order valence-electron chi connectivity index (χ3n) is 9.15. The van der Waals surface area contributed by atoms with Gasteiger partial charge in [-0.25, -0.2) is 15.1 Å². The molecule has 13 heteroatoms. The molecule has 1 aromatic rings. The molecule has 1 heterocycles. The van der Waals surface area contributed by atoms with Crippen LogP contribution in [0.15, 0.2) is 41.4 Å². The van der Waals surface area contributed by atoms with Gasteiger partial charge in [0.1, 0.15) is 12.4 Å². The maximum absolute atomic E-state index is 12.4. The van der Waals surface area contributed by atoms with E-state index in [0.29, 0.717) is 62.2 Å². The third kappa shape index (κ3) is 20.8. The van der Waals surface area contributed by atoms with Gasteiger partial charge >= 0.3 is 0 Å². The number of phenolic OH excluding ortho intramolecular Hbond substituents is 1. The highest BCUT2D eigenvalue weighted by Gasteiger charge is 2.27. The Bertz CT molecular complexity index is 1270. The summed E-state index contributed by atoms with van der Waals surface area (Å²) >= 11 is 0. The quantitative estimate of drug-likeness (QED) is 0.0254. The highest BCUT2D eigenvalue weighted by atomic mass is 16.5. The summed E-state index contributed by atoms with van der Waals surface area (Å²) in [5, 5.41) is 36.9. The van der Waals surface area contributed by atoms with Crippen LogP contribution in [0, 0.1) is 0 Å². The number of unbranched alkanes of at least 4 members (excludes halogenated alkanes) is 15. The molecule has 5 N–H and O–H groups in total. The molecule has 4 amide bonds. The summed E-state index contributed by atoms with van der Waals surface area (Å²) in [5.74, 6) is -1.24. The number of aromatic hydroxyl groups is 1. The van der Waals surface area contributed by atoms with Gasteiger partial charge in [0.2, 0.25) is 23.6 Å². The molecule has 0 saturated heterocycles. The van der Waals surface area contributed by atoms with Crippen LogP contribution in [0.3, 0.4) is 0 Å². The van der Waals surface area contributed by atoms with Gasteiger partial charge in [0.05, 0.1) is 5.56 Å². The van der Waals surface area contributed by atoms with Crippen LogP contribution in [0.4, 0.5) is 0 Å². The maximum atomic E-state index is 12.4. The summed E-state index contributed by atoms with van der Waals surface area (Å²) in [7, 11) is 0. The number of hydrogen-bond donors (Lipinski definition) is 5. The number of rotatable bonds is 30. The fraction of sp³-hybridized carbons (Fsp3) is 0.675. The van der Waals surface area contributed by atoms with Crippen LogP contribution in [0.25, 0.3) is 0 Å². The van der Waals surface area contributed by atoms with Gasteiger partial charge < -0.3 is 20.5 Å². The molecule has 53 heavy (non-hydrogen) atoms. The average Bonchev–Trinajstić information content (AvgIpc) is 3.65. The van der Waals surface area contributed by atoms with Crippen molar-refractivity contribution in [3.8, 4) is 5.75 Å². The topological polar surface area (TPSA) is 181 Å². The van der Waals surface area contributed by atoms with Crippen LogP contribution in [0.2, 0.25) is 0 Å². The minimum Gasteiger partial charge on any atom is -0.507 e. The molecule has 1 atom stereocenters. The molecular formula is C40H65N5O8. The van der Waals surface area contributed by atoms with Crippen molar-refractivity contribution in [1.82, 2.24) is 20.8 Å². The predicted molar refractivity (Wildman–Crippen MR) is 205 cm³/mol. The van der Waals surface area contributed by atoms with Crippen LogP contribution in [-0.4, -0.2) is 94.0 Å². The van der Waals surface area contributed by atoms with E-state index in [1.165, 1.54) is 69.9 Å². The fourth-order valence-electron chi connectivity index (χ4n) is 5.86. The Labute approximate surface area is 316 Å². The third-order valence-corrected chi connectivity index (χ3v) is 9.15. The Morgan fingerprint density at radius 3 is 2.02 bits per heavy atom. The van der Waals surface area contributed by atoms with Crippen LogP contribution < -0.4 is 10.6 Å². The van der Waals surface area contributed by atoms with Crippen molar-refractivity contribution in [1.29, 1.82) is 0 Å². The van der Waals surface area contributed by atoms with Gasteiger partial charge in [-0.3, -0.25) is 29.6 Å². The predicted octanol–water partition coefficient (Wildman–Crippen LogP) is 6.58. The fourth-order valence-corrected chi connectivity index (χ4v) is 5.86. The zero-order chi connectivity index (χ0) is 38.5. The van der Waals surface area contributed by atoms with Gasteiger partial charge in [-0.1, -0.05) is 89.3 Å². The number of nitrogens with one attached hydrogen (secondary N) is 2. The smallest absolute Gasteiger partial charge is 0.269 e. The largest absolute Gasteiger partial charge is 0.507 e. The van der Waals surface area contributed by atoms with Crippen molar-refractivity contribution in [2.45, 2.75) is 141 Å². The molecule has 0 aliphatic carbocycles. The van der Waals surface area contributed by atoms with Crippen LogP contribution in [0.5, 0.6) is 5.75 Å². The zero-order valence-corrected chi connectivity index (χ0v) is 31.9. The molecule has 0 spiro atoms. The first-order valence-corrected chi connectivity index (χ1v) is 19.9. The Morgan fingerprint density at radius 2 is 1.36 bits per heavy atom. The lowest BCUT2D eigenvalue weighted by Crippen LogP contribution is -2.35. The molecule has 0 radical (unpaired) electrons. The first-order valence-electron chi connectivity index (χ1n) is 19.9. The number of para-hydroxylation sites is 1. The number of allylic oxidation sites excluding steroid dienone is 1. The van der Waals surface area contributed by atoms with Crippen molar-refractivity contribution in [2.75, 3.05) is 32.8 Å². The van der Waals surface area contributed by atoms with Crippen molar-refractivity contribution in [2.24, 2.45) is 4.99 Å². The highest BCUT2D eigenvalue weighted by Crippen LogP contribution is 2.21. The number of carbonyl (C=O) groups is 4. The van der Waals surface area contributed by atoms with E-state index < -0.39 is 17.9 Å². The molecule has 0 fully saturated rings. The van der Waals surface area contributed by atoms with E-state index in [9.17, 15) is 34.7 Å². The highest BCUT2D eigenvalue weighted by molar-refractivity contribution is 6.00. The van der Waals surface area contributed by atoms with Crippen molar-refractivity contribution < 1.29 is 39.4 Å². The van der Waals surface area contributed by atoms with E-state index in [2.05, 4.69) is 22.5 Å².